The van der Waals surface area contributed by atoms with E-state index in [9.17, 15) is 0 Å². The molecule has 2 aromatic heterocycles. The van der Waals surface area contributed by atoms with Gasteiger partial charge in [0.1, 0.15) is 0 Å². The average molecular weight is 196 g/mol. The molecule has 0 spiro atoms. The van der Waals surface area contributed by atoms with Crippen molar-refractivity contribution in [3.8, 4) is 10.4 Å². The van der Waals surface area contributed by atoms with E-state index in [-0.39, 0.29) is 0 Å². The predicted octanol–water partition coefficient (Wildman–Crippen LogP) is 3.46. The van der Waals surface area contributed by atoms with Crippen LogP contribution in [-0.4, -0.2) is 4.98 Å². The van der Waals surface area contributed by atoms with E-state index >= 15 is 0 Å². The summed E-state index contributed by atoms with van der Waals surface area (Å²) >= 11 is 7.59. The number of hydrogen-bond donors (Lipinski definition) is 0. The quantitative estimate of drug-likeness (QED) is 0.679. The van der Waals surface area contributed by atoms with Gasteiger partial charge in [-0.1, -0.05) is 17.7 Å². The number of thiophene rings is 1. The third-order valence-corrected chi connectivity index (χ3v) is 2.93. The summed E-state index contributed by atoms with van der Waals surface area (Å²) in [5.74, 6) is 0. The Morgan fingerprint density at radius 3 is 2.83 bits per heavy atom. The van der Waals surface area contributed by atoms with Crippen molar-refractivity contribution in [1.29, 1.82) is 0 Å². The summed E-state index contributed by atoms with van der Waals surface area (Å²) in [7, 11) is 0. The molecular weight excluding hydrogens is 190 g/mol. The minimum absolute atomic E-state index is 0.799. The lowest BCUT2D eigenvalue weighted by molar-refractivity contribution is 1.33. The second-order valence-electron chi connectivity index (χ2n) is 2.34. The molecule has 0 bridgehead atoms. The van der Waals surface area contributed by atoms with Crippen molar-refractivity contribution >= 4 is 22.9 Å². The first kappa shape index (κ1) is 7.77. The summed E-state index contributed by atoms with van der Waals surface area (Å²) in [5, 5.41) is 2.78. The molecule has 0 aliphatic heterocycles. The van der Waals surface area contributed by atoms with Crippen molar-refractivity contribution in [1.82, 2.24) is 4.98 Å². The monoisotopic (exact) mass is 195 g/mol. The van der Waals surface area contributed by atoms with Crippen LogP contribution in [-0.2, 0) is 0 Å². The van der Waals surface area contributed by atoms with Crippen LogP contribution in [0.1, 0.15) is 0 Å². The fourth-order valence-corrected chi connectivity index (χ4v) is 2.15. The summed E-state index contributed by atoms with van der Waals surface area (Å²) in [5.41, 5.74) is 1.08. The summed E-state index contributed by atoms with van der Waals surface area (Å²) in [6.07, 6.45) is 3.57. The lowest BCUT2D eigenvalue weighted by atomic mass is 10.2. The van der Waals surface area contributed by atoms with Crippen molar-refractivity contribution in [3.63, 3.8) is 0 Å². The molecule has 0 aliphatic carbocycles. The summed E-state index contributed by atoms with van der Waals surface area (Å²) in [6.45, 7) is 0. The molecule has 2 heterocycles. The molecule has 0 atom stereocenters. The molecule has 0 N–H and O–H groups in total. The second kappa shape index (κ2) is 3.25. The van der Waals surface area contributed by atoms with Gasteiger partial charge in [0.05, 0.1) is 9.90 Å². The van der Waals surface area contributed by atoms with Gasteiger partial charge >= 0.3 is 0 Å². The number of hydrogen-bond acceptors (Lipinski definition) is 2. The smallest absolute Gasteiger partial charge is 0.0592 e. The number of nitrogens with zero attached hydrogens (tertiary/aromatic N) is 1. The predicted molar refractivity (Wildman–Crippen MR) is 52.6 cm³/mol. The zero-order chi connectivity index (χ0) is 8.39. The summed E-state index contributed by atoms with van der Waals surface area (Å²) in [6, 6.07) is 5.81. The normalized spacial score (nSPS) is 10.1. The summed E-state index contributed by atoms with van der Waals surface area (Å²) < 4.78 is 0. The van der Waals surface area contributed by atoms with Crippen LogP contribution in [0.2, 0.25) is 5.02 Å². The van der Waals surface area contributed by atoms with Crippen LogP contribution in [0.25, 0.3) is 10.4 Å². The number of aromatic nitrogens is 1. The van der Waals surface area contributed by atoms with Gasteiger partial charge in [-0.3, -0.25) is 4.98 Å². The van der Waals surface area contributed by atoms with Crippen molar-refractivity contribution in [3.05, 3.63) is 41.0 Å². The topological polar surface area (TPSA) is 12.9 Å². The van der Waals surface area contributed by atoms with Crippen molar-refractivity contribution in [2.45, 2.75) is 0 Å². The third kappa shape index (κ3) is 1.36. The van der Waals surface area contributed by atoms with E-state index in [0.717, 1.165) is 15.5 Å². The van der Waals surface area contributed by atoms with Crippen LogP contribution in [0.4, 0.5) is 0 Å². The molecule has 0 saturated heterocycles. The molecule has 0 amide bonds. The Balaban J connectivity index is 2.51. The molecule has 0 radical (unpaired) electrons. The highest BCUT2D eigenvalue weighted by atomic mass is 35.5. The van der Waals surface area contributed by atoms with E-state index in [1.807, 2.05) is 29.8 Å². The molecule has 0 aromatic carbocycles. The Morgan fingerprint density at radius 2 is 2.25 bits per heavy atom. The highest BCUT2D eigenvalue weighted by Gasteiger charge is 2.03. The van der Waals surface area contributed by atoms with Crippen LogP contribution in [0, 0.1) is 0 Å². The van der Waals surface area contributed by atoms with E-state index < -0.39 is 0 Å². The van der Waals surface area contributed by atoms with Crippen LogP contribution in [0.3, 0.4) is 0 Å². The molecule has 0 aliphatic rings. The molecule has 12 heavy (non-hydrogen) atoms. The Morgan fingerprint density at radius 1 is 1.33 bits per heavy atom. The second-order valence-corrected chi connectivity index (χ2v) is 3.66. The minimum Gasteiger partial charge on any atom is -0.264 e. The van der Waals surface area contributed by atoms with Gasteiger partial charge < -0.3 is 0 Å². The number of rotatable bonds is 1. The first-order valence-corrected chi connectivity index (χ1v) is 4.77. The molecular formula is C9H6ClNS. The minimum atomic E-state index is 0.799. The van der Waals surface area contributed by atoms with E-state index in [0.29, 0.717) is 0 Å². The third-order valence-electron chi connectivity index (χ3n) is 1.54. The molecule has 60 valence electrons. The van der Waals surface area contributed by atoms with Crippen molar-refractivity contribution in [2.75, 3.05) is 0 Å². The average Bonchev–Trinajstić information content (AvgIpc) is 2.53. The molecule has 1 nitrogen and oxygen atoms in total. The first-order chi connectivity index (χ1) is 5.88. The van der Waals surface area contributed by atoms with Crippen molar-refractivity contribution in [2.24, 2.45) is 0 Å². The van der Waals surface area contributed by atoms with E-state index in [1.165, 1.54) is 0 Å². The van der Waals surface area contributed by atoms with Gasteiger partial charge in [0.15, 0.2) is 0 Å². The fraction of sp³-hybridized carbons (Fsp3) is 0. The van der Waals surface area contributed by atoms with Crippen molar-refractivity contribution < 1.29 is 0 Å². The highest BCUT2D eigenvalue weighted by molar-refractivity contribution is 7.14. The van der Waals surface area contributed by atoms with Crippen LogP contribution in [0.5, 0.6) is 0 Å². The maximum Gasteiger partial charge on any atom is 0.0592 e. The lowest BCUT2D eigenvalue weighted by Crippen LogP contribution is -1.73. The number of pyridine rings is 1. The SMILES string of the molecule is Clc1ccsc1-c1cccnc1. The van der Waals surface area contributed by atoms with Gasteiger partial charge in [-0.25, -0.2) is 0 Å². The van der Waals surface area contributed by atoms with Crippen LogP contribution >= 0.6 is 22.9 Å². The van der Waals surface area contributed by atoms with Gasteiger partial charge in [0.2, 0.25) is 0 Å². The fourth-order valence-electron chi connectivity index (χ4n) is 0.997. The van der Waals surface area contributed by atoms with Gasteiger partial charge in [-0.05, 0) is 17.5 Å². The van der Waals surface area contributed by atoms with E-state index in [1.54, 1.807) is 17.5 Å². The Hall–Kier alpha value is -0.860. The maximum absolute atomic E-state index is 5.96. The zero-order valence-corrected chi connectivity index (χ0v) is 7.77. The molecule has 0 unspecified atom stereocenters. The number of halogens is 1. The Bertz CT molecular complexity index is 369. The Labute approximate surface area is 79.7 Å². The molecule has 0 saturated carbocycles. The first-order valence-electron chi connectivity index (χ1n) is 3.51. The lowest BCUT2D eigenvalue weighted by Gasteiger charge is -1.95. The molecule has 0 fully saturated rings. The summed E-state index contributed by atoms with van der Waals surface area (Å²) in [4.78, 5) is 5.12. The van der Waals surface area contributed by atoms with Gasteiger partial charge in [0, 0.05) is 18.0 Å². The van der Waals surface area contributed by atoms with Gasteiger partial charge in [-0.15, -0.1) is 11.3 Å². The van der Waals surface area contributed by atoms with Crippen LogP contribution in [0.15, 0.2) is 36.0 Å². The van der Waals surface area contributed by atoms with Gasteiger partial charge in [-0.2, -0.15) is 0 Å². The Kier molecular flexibility index (Phi) is 2.11. The van der Waals surface area contributed by atoms with Crippen LogP contribution < -0.4 is 0 Å². The van der Waals surface area contributed by atoms with E-state index in [2.05, 4.69) is 4.98 Å². The standard InChI is InChI=1S/C9H6ClNS/c10-8-3-5-12-9(8)7-2-1-4-11-6-7/h1-6H. The highest BCUT2D eigenvalue weighted by Crippen LogP contribution is 2.32. The molecule has 3 heteroatoms. The van der Waals surface area contributed by atoms with E-state index in [4.69, 9.17) is 11.6 Å². The largest absolute Gasteiger partial charge is 0.264 e. The van der Waals surface area contributed by atoms with Gasteiger partial charge in [0.25, 0.3) is 0 Å². The molecule has 2 rings (SSSR count). The zero-order valence-electron chi connectivity index (χ0n) is 6.20. The molecule has 2 aromatic rings. The maximum atomic E-state index is 5.96.